The molecule has 43 heavy (non-hydrogen) atoms. The SMILES string of the molecule is Cc1cccc(C)c1-c1c(C)nn(-c2[c-]c(Oc3[c-]c4c(cc3)c3ccccc3n4-c3cc(F)ccn3)ccc2)c1C.[Pd+2]. The summed E-state index contributed by atoms with van der Waals surface area (Å²) in [6.07, 6.45) is 1.47. The van der Waals surface area contributed by atoms with Crippen LogP contribution in [0.2, 0.25) is 0 Å². The number of aromatic nitrogens is 4. The van der Waals surface area contributed by atoms with E-state index in [-0.39, 0.29) is 26.2 Å². The van der Waals surface area contributed by atoms with E-state index < -0.39 is 0 Å². The van der Waals surface area contributed by atoms with Gasteiger partial charge in [0.25, 0.3) is 0 Å². The minimum absolute atomic E-state index is 0. The summed E-state index contributed by atoms with van der Waals surface area (Å²) < 4.78 is 24.3. The van der Waals surface area contributed by atoms with Gasteiger partial charge in [-0.3, -0.25) is 4.68 Å². The van der Waals surface area contributed by atoms with E-state index in [9.17, 15) is 4.39 Å². The molecule has 0 aliphatic heterocycles. The van der Waals surface area contributed by atoms with E-state index in [0.29, 0.717) is 17.3 Å². The smallest absolute Gasteiger partial charge is 0.509 e. The van der Waals surface area contributed by atoms with Crippen molar-refractivity contribution < 1.29 is 29.6 Å². The maximum atomic E-state index is 14.2. The van der Waals surface area contributed by atoms with Crippen LogP contribution in [0.4, 0.5) is 4.39 Å². The number of nitrogens with zero attached hydrogens (tertiary/aromatic N) is 4. The molecule has 7 heteroatoms. The molecule has 4 aromatic carbocycles. The largest absolute Gasteiger partial charge is 2.00 e. The third kappa shape index (κ3) is 4.95. The fourth-order valence-electron chi connectivity index (χ4n) is 5.87. The van der Waals surface area contributed by atoms with Gasteiger partial charge in [-0.1, -0.05) is 41.9 Å². The van der Waals surface area contributed by atoms with E-state index in [1.807, 2.05) is 70.8 Å². The van der Waals surface area contributed by atoms with E-state index >= 15 is 0 Å². The van der Waals surface area contributed by atoms with E-state index in [1.54, 1.807) is 0 Å². The van der Waals surface area contributed by atoms with Gasteiger partial charge in [0, 0.05) is 40.5 Å². The molecule has 0 saturated heterocycles. The molecule has 0 atom stereocenters. The van der Waals surface area contributed by atoms with Crippen LogP contribution in [0.1, 0.15) is 22.5 Å². The number of hydrogen-bond donors (Lipinski definition) is 0. The summed E-state index contributed by atoms with van der Waals surface area (Å²) >= 11 is 0. The third-order valence-electron chi connectivity index (χ3n) is 7.72. The first-order valence-electron chi connectivity index (χ1n) is 13.8. The van der Waals surface area contributed by atoms with Crippen LogP contribution >= 0.6 is 0 Å². The van der Waals surface area contributed by atoms with Crippen molar-refractivity contribution in [1.82, 2.24) is 19.3 Å². The molecule has 0 N–H and O–H groups in total. The van der Waals surface area contributed by atoms with Crippen molar-refractivity contribution in [2.45, 2.75) is 27.7 Å². The molecule has 0 unspecified atom stereocenters. The maximum Gasteiger partial charge on any atom is 2.00 e. The molecule has 0 radical (unpaired) electrons. The second kappa shape index (κ2) is 11.3. The molecule has 7 aromatic rings. The summed E-state index contributed by atoms with van der Waals surface area (Å²) in [6, 6.07) is 33.6. The normalized spacial score (nSPS) is 11.2. The first kappa shape index (κ1) is 28.5. The molecule has 0 aliphatic rings. The van der Waals surface area contributed by atoms with Gasteiger partial charge in [-0.2, -0.15) is 17.2 Å². The first-order valence-corrected chi connectivity index (χ1v) is 13.8. The van der Waals surface area contributed by atoms with Gasteiger partial charge >= 0.3 is 20.4 Å². The number of rotatable bonds is 5. The Hall–Kier alpha value is -4.57. The van der Waals surface area contributed by atoms with Crippen molar-refractivity contribution in [3.8, 4) is 34.1 Å². The van der Waals surface area contributed by atoms with Gasteiger partial charge in [0.1, 0.15) is 11.6 Å². The molecule has 0 spiro atoms. The molecule has 0 amide bonds. The van der Waals surface area contributed by atoms with Gasteiger partial charge in [-0.15, -0.1) is 35.7 Å². The van der Waals surface area contributed by atoms with E-state index in [1.165, 1.54) is 35.0 Å². The maximum absolute atomic E-state index is 14.2. The molecule has 214 valence electrons. The quantitative estimate of drug-likeness (QED) is 0.137. The van der Waals surface area contributed by atoms with Crippen molar-refractivity contribution in [3.63, 3.8) is 0 Å². The number of fused-ring (bicyclic) bond motifs is 3. The predicted molar refractivity (Wildman–Crippen MR) is 164 cm³/mol. The summed E-state index contributed by atoms with van der Waals surface area (Å²) in [4.78, 5) is 4.44. The van der Waals surface area contributed by atoms with Crippen LogP contribution in [0.15, 0.2) is 91.1 Å². The molecule has 7 rings (SSSR count). The van der Waals surface area contributed by atoms with Crippen LogP contribution in [0.3, 0.4) is 0 Å². The number of pyridine rings is 1. The van der Waals surface area contributed by atoms with Gasteiger partial charge in [0.15, 0.2) is 0 Å². The topological polar surface area (TPSA) is 44.9 Å². The van der Waals surface area contributed by atoms with Crippen LogP contribution in [-0.4, -0.2) is 19.3 Å². The first-order chi connectivity index (χ1) is 20.4. The molecule has 0 fully saturated rings. The van der Waals surface area contributed by atoms with Gasteiger partial charge in [0.05, 0.1) is 5.69 Å². The summed E-state index contributed by atoms with van der Waals surface area (Å²) in [5, 5.41) is 6.89. The Balaban J connectivity index is 0.00000329. The molecule has 5 nitrogen and oxygen atoms in total. The molecule has 3 aromatic heterocycles. The average molecular weight is 657 g/mol. The van der Waals surface area contributed by atoms with Gasteiger partial charge in [-0.05, 0) is 67.6 Å². The number of halogens is 1. The van der Waals surface area contributed by atoms with Crippen LogP contribution in [0.5, 0.6) is 11.5 Å². The van der Waals surface area contributed by atoms with Crippen molar-refractivity contribution in [2.24, 2.45) is 0 Å². The van der Waals surface area contributed by atoms with Crippen LogP contribution in [0, 0.1) is 45.6 Å². The van der Waals surface area contributed by atoms with E-state index in [2.05, 4.69) is 56.1 Å². The Kier molecular flexibility index (Phi) is 7.47. The number of benzene rings is 4. The zero-order valence-electron chi connectivity index (χ0n) is 24.1. The molecule has 0 bridgehead atoms. The monoisotopic (exact) mass is 656 g/mol. The number of ether oxygens (including phenoxy) is 1. The van der Waals surface area contributed by atoms with Crippen LogP contribution < -0.4 is 4.74 Å². The molecular formula is C36H27FN4OPd. The molecular weight excluding hydrogens is 630 g/mol. The Morgan fingerprint density at radius 2 is 1.49 bits per heavy atom. The number of aryl methyl sites for hydroxylation is 3. The Morgan fingerprint density at radius 3 is 2.28 bits per heavy atom. The second-order valence-corrected chi connectivity index (χ2v) is 10.5. The minimum atomic E-state index is -0.352. The van der Waals surface area contributed by atoms with Gasteiger partial charge < -0.3 is 9.30 Å². The molecule has 3 heterocycles. The minimum Gasteiger partial charge on any atom is -0.509 e. The number of hydrogen-bond acceptors (Lipinski definition) is 3. The van der Waals surface area contributed by atoms with Gasteiger partial charge in [-0.25, -0.2) is 9.37 Å². The van der Waals surface area contributed by atoms with Crippen molar-refractivity contribution >= 4 is 21.8 Å². The van der Waals surface area contributed by atoms with Crippen LogP contribution in [0.25, 0.3) is 44.4 Å². The predicted octanol–water partition coefficient (Wildman–Crippen LogP) is 8.79. The van der Waals surface area contributed by atoms with Crippen molar-refractivity contribution in [2.75, 3.05) is 0 Å². The van der Waals surface area contributed by atoms with E-state index in [4.69, 9.17) is 9.84 Å². The zero-order chi connectivity index (χ0) is 29.0. The second-order valence-electron chi connectivity index (χ2n) is 10.5. The van der Waals surface area contributed by atoms with E-state index in [0.717, 1.165) is 44.4 Å². The Labute approximate surface area is 263 Å². The molecule has 0 aliphatic carbocycles. The number of para-hydroxylation sites is 1. The summed E-state index contributed by atoms with van der Waals surface area (Å²) in [5.74, 6) is 1.18. The van der Waals surface area contributed by atoms with Gasteiger partial charge in [0.2, 0.25) is 0 Å². The summed E-state index contributed by atoms with van der Waals surface area (Å²) in [7, 11) is 0. The van der Waals surface area contributed by atoms with Crippen molar-refractivity contribution in [3.05, 3.63) is 132 Å². The fourth-order valence-corrected chi connectivity index (χ4v) is 5.87. The standard InChI is InChI=1S/C36H27FN4O.Pd/c1-22-9-7-10-23(2)35(22)36-24(3)39-41(25(36)4)27-11-8-12-28(20-27)42-29-15-16-31-30-13-5-6-14-32(30)40(33(31)21-29)34-19-26(37)17-18-38-34;/h5-19H,1-4H3;/q-2;+2. The van der Waals surface area contributed by atoms with Crippen molar-refractivity contribution in [1.29, 1.82) is 0 Å². The zero-order valence-corrected chi connectivity index (χ0v) is 25.6. The Bertz CT molecular complexity index is 2130. The molecule has 0 saturated carbocycles. The third-order valence-corrected chi connectivity index (χ3v) is 7.72. The van der Waals surface area contributed by atoms with Crippen LogP contribution in [-0.2, 0) is 20.4 Å². The Morgan fingerprint density at radius 1 is 0.744 bits per heavy atom. The fraction of sp³-hybridized carbons (Fsp3) is 0.111. The summed E-state index contributed by atoms with van der Waals surface area (Å²) in [5.41, 5.74) is 9.25. The average Bonchev–Trinajstić information content (AvgIpc) is 3.46. The summed E-state index contributed by atoms with van der Waals surface area (Å²) in [6.45, 7) is 8.40.